The minimum atomic E-state index is -3.12. The van der Waals surface area contributed by atoms with E-state index in [0.29, 0.717) is 49.9 Å². The summed E-state index contributed by atoms with van der Waals surface area (Å²) in [7, 11) is -3.12. The predicted molar refractivity (Wildman–Crippen MR) is 124 cm³/mol. The van der Waals surface area contributed by atoms with Gasteiger partial charge in [0.1, 0.15) is 11.6 Å². The summed E-state index contributed by atoms with van der Waals surface area (Å²) in [6, 6.07) is 3.62. The van der Waals surface area contributed by atoms with E-state index in [4.69, 9.17) is 4.74 Å². The van der Waals surface area contributed by atoms with Gasteiger partial charge in [-0.05, 0) is 66.0 Å². The van der Waals surface area contributed by atoms with Crippen molar-refractivity contribution in [3.05, 3.63) is 29.1 Å². The first-order valence-corrected chi connectivity index (χ1v) is 12.9. The maximum Gasteiger partial charge on any atom is 0.155 e. The number of hydrogen-bond donors (Lipinski definition) is 0. The zero-order valence-electron chi connectivity index (χ0n) is 19.8. The van der Waals surface area contributed by atoms with Gasteiger partial charge in [0.05, 0.1) is 22.7 Å². The van der Waals surface area contributed by atoms with Crippen LogP contribution >= 0.6 is 0 Å². The van der Waals surface area contributed by atoms with E-state index in [1.165, 1.54) is 0 Å². The average Bonchev–Trinajstić information content (AvgIpc) is 2.63. The molecule has 31 heavy (non-hydrogen) atoms. The summed E-state index contributed by atoms with van der Waals surface area (Å²) in [6.45, 7) is 12.3. The number of ketones is 1. The molecule has 1 aliphatic heterocycles. The number of rotatable bonds is 9. The van der Waals surface area contributed by atoms with Gasteiger partial charge in [-0.25, -0.2) is 12.8 Å². The number of nitrogens with zero attached hydrogens (tertiary/aromatic N) is 1. The Balaban J connectivity index is 1.87. The molecule has 0 spiro atoms. The van der Waals surface area contributed by atoms with Crippen molar-refractivity contribution in [3.63, 3.8) is 0 Å². The van der Waals surface area contributed by atoms with E-state index >= 15 is 0 Å². The lowest BCUT2D eigenvalue weighted by Crippen LogP contribution is -2.45. The highest BCUT2D eigenvalue weighted by Gasteiger charge is 2.28. The Labute approximate surface area is 187 Å². The highest BCUT2D eigenvalue weighted by Crippen LogP contribution is 2.28. The Morgan fingerprint density at radius 3 is 2.32 bits per heavy atom. The lowest BCUT2D eigenvalue weighted by atomic mass is 10.00. The van der Waals surface area contributed by atoms with Crippen LogP contribution in [0.15, 0.2) is 12.1 Å². The summed E-state index contributed by atoms with van der Waals surface area (Å²) < 4.78 is 44.2. The topological polar surface area (TPSA) is 63.7 Å². The molecule has 0 radical (unpaired) electrons. The molecule has 1 aromatic carbocycles. The number of unbranched alkanes of at least 4 members (excludes halogenated alkanes) is 2. The molecule has 0 unspecified atom stereocenters. The second kappa shape index (κ2) is 10.4. The zero-order chi connectivity index (χ0) is 23.4. The number of hydrogen-bond acceptors (Lipinski definition) is 5. The zero-order valence-corrected chi connectivity index (χ0v) is 20.6. The molecule has 0 saturated carbocycles. The summed E-state index contributed by atoms with van der Waals surface area (Å²) in [5.41, 5.74) is 1.85. The molecule has 1 saturated heterocycles. The maximum atomic E-state index is 15.0. The van der Waals surface area contributed by atoms with Crippen molar-refractivity contribution in [2.75, 3.05) is 23.7 Å². The van der Waals surface area contributed by atoms with Crippen molar-refractivity contribution >= 4 is 21.3 Å². The summed E-state index contributed by atoms with van der Waals surface area (Å²) in [6.07, 6.45) is 2.44. The molecule has 7 heteroatoms. The van der Waals surface area contributed by atoms with Crippen LogP contribution in [0.5, 0.6) is 0 Å². The fourth-order valence-corrected chi connectivity index (χ4v) is 5.18. The number of benzene rings is 1. The molecular formula is C24H38FNO4S. The second-order valence-electron chi connectivity index (χ2n) is 9.80. The van der Waals surface area contributed by atoms with E-state index in [9.17, 15) is 17.6 Å². The Morgan fingerprint density at radius 1 is 1.13 bits per heavy atom. The summed E-state index contributed by atoms with van der Waals surface area (Å²) in [5, 5.41) is 0. The Morgan fingerprint density at radius 2 is 1.74 bits per heavy atom. The standard InChI is InChI=1S/C24H38FNO4S/c1-17-15-26(16-18(2)30-17)22-12-11-20(23(25)19(22)3)14-21(27)10-8-7-9-13-31(28,29)24(4,5)6/h11-12,17-18H,7-10,13-16H2,1-6H3/t17-,18+. The monoisotopic (exact) mass is 455 g/mol. The summed E-state index contributed by atoms with van der Waals surface area (Å²) >= 11 is 0. The first-order chi connectivity index (χ1) is 14.3. The van der Waals surface area contributed by atoms with Crippen molar-refractivity contribution in [2.45, 2.75) is 90.6 Å². The normalized spacial score (nSPS) is 20.2. The number of ether oxygens (including phenoxy) is 1. The van der Waals surface area contributed by atoms with Crippen LogP contribution < -0.4 is 4.90 Å². The quantitative estimate of drug-likeness (QED) is 0.508. The van der Waals surface area contributed by atoms with Gasteiger partial charge in [0.2, 0.25) is 0 Å². The third-order valence-corrected chi connectivity index (χ3v) is 8.58. The van der Waals surface area contributed by atoms with E-state index in [2.05, 4.69) is 4.90 Å². The van der Waals surface area contributed by atoms with Crippen LogP contribution in [0.2, 0.25) is 0 Å². The molecule has 1 aromatic rings. The first-order valence-electron chi connectivity index (χ1n) is 11.2. The predicted octanol–water partition coefficient (Wildman–Crippen LogP) is 4.63. The molecule has 176 valence electrons. The van der Waals surface area contributed by atoms with Crippen molar-refractivity contribution in [2.24, 2.45) is 0 Å². The van der Waals surface area contributed by atoms with Gasteiger partial charge in [-0.1, -0.05) is 12.5 Å². The lowest BCUT2D eigenvalue weighted by Gasteiger charge is -2.37. The van der Waals surface area contributed by atoms with E-state index in [0.717, 1.165) is 5.69 Å². The third kappa shape index (κ3) is 7.01. The minimum Gasteiger partial charge on any atom is -0.372 e. The Hall–Kier alpha value is -1.47. The van der Waals surface area contributed by atoms with E-state index in [-0.39, 0.29) is 36.0 Å². The summed E-state index contributed by atoms with van der Waals surface area (Å²) in [4.78, 5) is 14.5. The largest absolute Gasteiger partial charge is 0.372 e. The number of sulfone groups is 1. The van der Waals surface area contributed by atoms with E-state index < -0.39 is 14.6 Å². The molecule has 5 nitrogen and oxygen atoms in total. The van der Waals surface area contributed by atoms with Gasteiger partial charge in [0.25, 0.3) is 0 Å². The van der Waals surface area contributed by atoms with Crippen molar-refractivity contribution in [1.29, 1.82) is 0 Å². The third-order valence-electron chi connectivity index (χ3n) is 5.89. The molecule has 1 heterocycles. The molecule has 1 aliphatic rings. The Kier molecular flexibility index (Phi) is 8.68. The van der Waals surface area contributed by atoms with Gasteiger partial charge in [0.15, 0.2) is 9.84 Å². The molecule has 0 amide bonds. The van der Waals surface area contributed by atoms with Crippen LogP contribution in [-0.4, -0.2) is 50.0 Å². The molecule has 0 aromatic heterocycles. The van der Waals surface area contributed by atoms with Gasteiger partial charge in [-0.2, -0.15) is 0 Å². The highest BCUT2D eigenvalue weighted by atomic mass is 32.2. The fraction of sp³-hybridized carbons (Fsp3) is 0.708. The highest BCUT2D eigenvalue weighted by molar-refractivity contribution is 7.92. The number of carbonyl (C=O) groups is 1. The van der Waals surface area contributed by atoms with Crippen molar-refractivity contribution < 1.29 is 22.3 Å². The van der Waals surface area contributed by atoms with Crippen LogP contribution in [-0.2, 0) is 25.8 Å². The van der Waals surface area contributed by atoms with Crippen LogP contribution in [0, 0.1) is 12.7 Å². The van der Waals surface area contributed by atoms with E-state index in [1.54, 1.807) is 33.8 Å². The van der Waals surface area contributed by atoms with Gasteiger partial charge >= 0.3 is 0 Å². The molecule has 0 N–H and O–H groups in total. The molecule has 2 rings (SSSR count). The van der Waals surface area contributed by atoms with Crippen molar-refractivity contribution in [1.82, 2.24) is 0 Å². The van der Waals surface area contributed by atoms with E-state index in [1.807, 2.05) is 19.9 Å². The van der Waals surface area contributed by atoms with Crippen molar-refractivity contribution in [3.8, 4) is 0 Å². The number of carbonyl (C=O) groups excluding carboxylic acids is 1. The minimum absolute atomic E-state index is 0.0154. The van der Waals surface area contributed by atoms with Gasteiger partial charge in [0, 0.05) is 37.2 Å². The summed E-state index contributed by atoms with van der Waals surface area (Å²) in [5.74, 6) is -0.189. The first kappa shape index (κ1) is 25.8. The van der Waals surface area contributed by atoms with Gasteiger partial charge in [-0.15, -0.1) is 0 Å². The molecule has 0 bridgehead atoms. The van der Waals surface area contributed by atoms with Gasteiger partial charge < -0.3 is 9.64 Å². The number of Topliss-reactive ketones (excluding diaryl/α,β-unsaturated/α-hetero) is 1. The fourth-order valence-electron chi connectivity index (χ4n) is 3.98. The average molecular weight is 456 g/mol. The lowest BCUT2D eigenvalue weighted by molar-refractivity contribution is -0.118. The van der Waals surface area contributed by atoms with Crippen LogP contribution in [0.1, 0.15) is 71.4 Å². The molecule has 2 atom stereocenters. The smallest absolute Gasteiger partial charge is 0.155 e. The van der Waals surface area contributed by atoms with Crippen LogP contribution in [0.3, 0.4) is 0 Å². The maximum absolute atomic E-state index is 15.0. The molecule has 1 fully saturated rings. The molecular weight excluding hydrogens is 417 g/mol. The number of halogens is 1. The number of anilines is 1. The SMILES string of the molecule is Cc1c(N2C[C@@H](C)O[C@@H](C)C2)ccc(CC(=O)CCCCCS(=O)(=O)C(C)(C)C)c1F. The van der Waals surface area contributed by atoms with Gasteiger partial charge in [-0.3, -0.25) is 4.79 Å². The van der Waals surface area contributed by atoms with Crippen LogP contribution in [0.4, 0.5) is 10.1 Å². The molecule has 0 aliphatic carbocycles. The Bertz CT molecular complexity index is 866. The second-order valence-corrected chi connectivity index (χ2v) is 12.7. The number of morpholine rings is 1. The van der Waals surface area contributed by atoms with Crippen LogP contribution in [0.25, 0.3) is 0 Å².